The minimum absolute atomic E-state index is 0.161. The third kappa shape index (κ3) is 1.72. The summed E-state index contributed by atoms with van der Waals surface area (Å²) in [6.07, 6.45) is 0. The van der Waals surface area contributed by atoms with Crippen molar-refractivity contribution in [3.63, 3.8) is 0 Å². The lowest BCUT2D eigenvalue weighted by atomic mass is 9.86. The first-order chi connectivity index (χ1) is 9.03. The molecule has 3 nitrogen and oxygen atoms in total. The zero-order valence-corrected chi connectivity index (χ0v) is 11.5. The molecule has 0 amide bonds. The molecule has 1 aliphatic rings. The van der Waals surface area contributed by atoms with Crippen molar-refractivity contribution in [3.8, 4) is 17.3 Å². The minimum Gasteiger partial charge on any atom is -0.384 e. The summed E-state index contributed by atoms with van der Waals surface area (Å²) in [6.45, 7) is 5.48. The Morgan fingerprint density at radius 3 is 2.74 bits per heavy atom. The Balaban J connectivity index is 2.13. The van der Waals surface area contributed by atoms with Gasteiger partial charge in [0.15, 0.2) is 0 Å². The van der Waals surface area contributed by atoms with E-state index >= 15 is 0 Å². The van der Waals surface area contributed by atoms with Crippen molar-refractivity contribution in [2.45, 2.75) is 19.3 Å². The summed E-state index contributed by atoms with van der Waals surface area (Å²) in [6, 6.07) is 12.6. The van der Waals surface area contributed by atoms with E-state index < -0.39 is 0 Å². The van der Waals surface area contributed by atoms with E-state index in [9.17, 15) is 0 Å². The molecule has 1 aliphatic heterocycles. The first-order valence-corrected chi connectivity index (χ1v) is 6.47. The predicted molar refractivity (Wildman–Crippen MR) is 77.1 cm³/mol. The van der Waals surface area contributed by atoms with Crippen molar-refractivity contribution in [3.05, 3.63) is 41.6 Å². The number of anilines is 1. The molecule has 0 radical (unpaired) electrons. The van der Waals surface area contributed by atoms with Crippen molar-refractivity contribution in [1.29, 1.82) is 5.26 Å². The van der Waals surface area contributed by atoms with Gasteiger partial charge in [0.2, 0.25) is 0 Å². The Morgan fingerprint density at radius 1 is 1.26 bits per heavy atom. The highest BCUT2D eigenvalue weighted by molar-refractivity contribution is 5.70. The molecular formula is C16H17N3. The summed E-state index contributed by atoms with van der Waals surface area (Å²) in [4.78, 5) is 0. The molecule has 0 spiro atoms. The second-order valence-corrected chi connectivity index (χ2v) is 5.77. The number of fused-ring (bicyclic) bond motifs is 1. The number of hydrogen-bond acceptors (Lipinski definition) is 2. The maximum atomic E-state index is 9.04. The van der Waals surface area contributed by atoms with Gasteiger partial charge in [0, 0.05) is 30.4 Å². The molecule has 0 fully saturated rings. The molecule has 0 atom stereocenters. The van der Waals surface area contributed by atoms with Crippen LogP contribution in [-0.2, 0) is 12.5 Å². The van der Waals surface area contributed by atoms with Crippen molar-refractivity contribution in [2.24, 2.45) is 7.05 Å². The van der Waals surface area contributed by atoms with Gasteiger partial charge in [-0.2, -0.15) is 5.26 Å². The molecule has 0 bridgehead atoms. The molecule has 0 aliphatic carbocycles. The van der Waals surface area contributed by atoms with E-state index in [4.69, 9.17) is 5.26 Å². The fraction of sp³-hybridized carbons (Fsp3) is 0.312. The molecule has 0 unspecified atom stereocenters. The summed E-state index contributed by atoms with van der Waals surface area (Å²) in [5.41, 5.74) is 5.68. The summed E-state index contributed by atoms with van der Waals surface area (Å²) in [7, 11) is 1.94. The largest absolute Gasteiger partial charge is 0.384 e. The molecule has 0 saturated heterocycles. The van der Waals surface area contributed by atoms with Gasteiger partial charge in [-0.15, -0.1) is 0 Å². The third-order valence-electron chi connectivity index (χ3n) is 4.00. The highest BCUT2D eigenvalue weighted by Gasteiger charge is 2.29. The third-order valence-corrected chi connectivity index (χ3v) is 4.00. The maximum absolute atomic E-state index is 9.04. The summed E-state index contributed by atoms with van der Waals surface area (Å²) < 4.78 is 1.94. The van der Waals surface area contributed by atoms with Crippen molar-refractivity contribution < 1.29 is 0 Å². The van der Waals surface area contributed by atoms with Crippen LogP contribution >= 0.6 is 0 Å². The molecular weight excluding hydrogens is 234 g/mol. The fourth-order valence-corrected chi connectivity index (χ4v) is 2.74. The molecule has 0 saturated carbocycles. The topological polar surface area (TPSA) is 40.8 Å². The van der Waals surface area contributed by atoms with Gasteiger partial charge in [-0.05, 0) is 35.4 Å². The summed E-state index contributed by atoms with van der Waals surface area (Å²) in [5.74, 6) is 0. The monoisotopic (exact) mass is 251 g/mol. The number of nitriles is 1. The Kier molecular flexibility index (Phi) is 2.43. The lowest BCUT2D eigenvalue weighted by Crippen LogP contribution is -2.18. The Bertz CT molecular complexity index is 687. The second-order valence-electron chi connectivity index (χ2n) is 5.77. The molecule has 96 valence electrons. The van der Waals surface area contributed by atoms with Crippen LogP contribution in [0.1, 0.15) is 25.1 Å². The molecule has 3 rings (SSSR count). The van der Waals surface area contributed by atoms with E-state index in [0.717, 1.165) is 12.2 Å². The van der Waals surface area contributed by atoms with Crippen LogP contribution in [-0.4, -0.2) is 11.1 Å². The van der Waals surface area contributed by atoms with E-state index in [1.54, 1.807) is 0 Å². The van der Waals surface area contributed by atoms with Gasteiger partial charge in [-0.3, -0.25) is 0 Å². The quantitative estimate of drug-likeness (QED) is 0.845. The van der Waals surface area contributed by atoms with E-state index in [-0.39, 0.29) is 5.41 Å². The zero-order valence-electron chi connectivity index (χ0n) is 11.5. The molecule has 2 heterocycles. The average molecular weight is 251 g/mol. The van der Waals surface area contributed by atoms with Gasteiger partial charge >= 0.3 is 0 Å². The van der Waals surface area contributed by atoms with E-state index in [0.29, 0.717) is 5.69 Å². The van der Waals surface area contributed by atoms with Crippen LogP contribution in [0.25, 0.3) is 11.3 Å². The van der Waals surface area contributed by atoms with Gasteiger partial charge < -0.3 is 9.88 Å². The summed E-state index contributed by atoms with van der Waals surface area (Å²) in [5, 5.41) is 12.5. The maximum Gasteiger partial charge on any atom is 0.120 e. The van der Waals surface area contributed by atoms with Crippen molar-refractivity contribution >= 4 is 5.69 Å². The zero-order chi connectivity index (χ0) is 13.6. The summed E-state index contributed by atoms with van der Waals surface area (Å²) >= 11 is 0. The van der Waals surface area contributed by atoms with Gasteiger partial charge in [0.05, 0.1) is 0 Å². The van der Waals surface area contributed by atoms with Crippen LogP contribution in [0, 0.1) is 11.3 Å². The molecule has 19 heavy (non-hydrogen) atoms. The molecule has 2 aromatic rings. The predicted octanol–water partition coefficient (Wildman–Crippen LogP) is 3.27. The molecule has 1 aromatic carbocycles. The van der Waals surface area contributed by atoms with Crippen LogP contribution in [0.15, 0.2) is 30.3 Å². The SMILES string of the molecule is Cn1c(C#N)ccc1-c1ccc2c(c1)C(C)(C)CN2. The van der Waals surface area contributed by atoms with Crippen LogP contribution in [0.2, 0.25) is 0 Å². The normalized spacial score (nSPS) is 15.7. The van der Waals surface area contributed by atoms with Gasteiger partial charge in [-0.25, -0.2) is 0 Å². The Hall–Kier alpha value is -2.21. The van der Waals surface area contributed by atoms with Crippen LogP contribution in [0.3, 0.4) is 0 Å². The molecule has 3 heteroatoms. The second kappa shape index (κ2) is 3.89. The number of aromatic nitrogens is 1. The standard InChI is InChI=1S/C16H17N3/c1-16(2)10-18-14-6-4-11(8-13(14)16)15-7-5-12(9-17)19(15)3/h4-8,18H,10H2,1-3H3. The lowest BCUT2D eigenvalue weighted by molar-refractivity contribution is 0.586. The van der Waals surface area contributed by atoms with Crippen LogP contribution < -0.4 is 5.32 Å². The van der Waals surface area contributed by atoms with E-state index in [1.165, 1.54) is 16.8 Å². The average Bonchev–Trinajstić information content (AvgIpc) is 2.90. The number of benzene rings is 1. The molecule has 1 aromatic heterocycles. The number of rotatable bonds is 1. The van der Waals surface area contributed by atoms with E-state index in [2.05, 4.69) is 43.4 Å². The number of nitrogens with zero attached hydrogens (tertiary/aromatic N) is 2. The van der Waals surface area contributed by atoms with Gasteiger partial charge in [0.1, 0.15) is 11.8 Å². The minimum atomic E-state index is 0.161. The van der Waals surface area contributed by atoms with Crippen molar-refractivity contribution in [2.75, 3.05) is 11.9 Å². The number of hydrogen-bond donors (Lipinski definition) is 1. The highest BCUT2D eigenvalue weighted by atomic mass is 15.0. The van der Waals surface area contributed by atoms with Crippen LogP contribution in [0.5, 0.6) is 0 Å². The highest BCUT2D eigenvalue weighted by Crippen LogP contribution is 2.38. The van der Waals surface area contributed by atoms with Crippen LogP contribution in [0.4, 0.5) is 5.69 Å². The smallest absolute Gasteiger partial charge is 0.120 e. The Labute approximate surface area is 113 Å². The van der Waals surface area contributed by atoms with Gasteiger partial charge in [-0.1, -0.05) is 19.9 Å². The first-order valence-electron chi connectivity index (χ1n) is 6.47. The Morgan fingerprint density at radius 2 is 2.05 bits per heavy atom. The first kappa shape index (κ1) is 11.9. The van der Waals surface area contributed by atoms with Crippen molar-refractivity contribution in [1.82, 2.24) is 4.57 Å². The molecule has 1 N–H and O–H groups in total. The lowest BCUT2D eigenvalue weighted by Gasteiger charge is -2.18. The number of nitrogens with one attached hydrogen (secondary N) is 1. The van der Waals surface area contributed by atoms with Gasteiger partial charge in [0.25, 0.3) is 0 Å². The van der Waals surface area contributed by atoms with E-state index in [1.807, 2.05) is 23.7 Å². The fourth-order valence-electron chi connectivity index (χ4n) is 2.74.